The van der Waals surface area contributed by atoms with Gasteiger partial charge in [-0.15, -0.1) is 0 Å². The number of hydrogen-bond donors (Lipinski definition) is 2. The van der Waals surface area contributed by atoms with E-state index in [1.807, 2.05) is 0 Å². The highest BCUT2D eigenvalue weighted by Gasteiger charge is 2.20. The Balaban J connectivity index is 1.72. The average Bonchev–Trinajstić information content (AvgIpc) is 2.37. The van der Waals surface area contributed by atoms with Crippen molar-refractivity contribution < 1.29 is 0 Å². The normalized spacial score (nSPS) is 28.1. The van der Waals surface area contributed by atoms with Gasteiger partial charge in [0.1, 0.15) is 0 Å². The van der Waals surface area contributed by atoms with Crippen LogP contribution in [0.3, 0.4) is 0 Å². The van der Waals surface area contributed by atoms with Gasteiger partial charge in [-0.3, -0.25) is 9.89 Å². The van der Waals surface area contributed by atoms with Crippen LogP contribution in [0.15, 0.2) is 4.99 Å². The molecule has 2 aliphatic rings. The molecule has 2 unspecified atom stereocenters. The second kappa shape index (κ2) is 6.24. The van der Waals surface area contributed by atoms with E-state index in [-0.39, 0.29) is 0 Å². The summed E-state index contributed by atoms with van der Waals surface area (Å²) in [5, 5.41) is 6.74. The first-order valence-electron chi connectivity index (χ1n) is 7.02. The SMILES string of the molecule is CC1CCCN(C(C)CNC2=NCCCN2)C1. The van der Waals surface area contributed by atoms with Gasteiger partial charge in [0, 0.05) is 32.2 Å². The highest BCUT2D eigenvalue weighted by Crippen LogP contribution is 2.17. The first-order valence-corrected chi connectivity index (χ1v) is 7.02. The number of aliphatic imine (C=N–C) groups is 1. The van der Waals surface area contributed by atoms with Crippen LogP contribution >= 0.6 is 0 Å². The van der Waals surface area contributed by atoms with Gasteiger partial charge in [0.05, 0.1) is 0 Å². The quantitative estimate of drug-likeness (QED) is 0.772. The smallest absolute Gasteiger partial charge is 0.191 e. The molecule has 0 aromatic carbocycles. The van der Waals surface area contributed by atoms with Crippen LogP contribution < -0.4 is 10.6 Å². The number of likely N-dealkylation sites (tertiary alicyclic amines) is 1. The summed E-state index contributed by atoms with van der Waals surface area (Å²) in [6.07, 6.45) is 3.90. The molecule has 4 nitrogen and oxygen atoms in total. The van der Waals surface area contributed by atoms with Crippen LogP contribution in [0.1, 0.15) is 33.1 Å². The van der Waals surface area contributed by atoms with Crippen molar-refractivity contribution in [3.8, 4) is 0 Å². The molecule has 0 bridgehead atoms. The predicted octanol–water partition coefficient (Wildman–Crippen LogP) is 1.05. The van der Waals surface area contributed by atoms with Crippen LogP contribution in [0.5, 0.6) is 0 Å². The molecule has 2 aliphatic heterocycles. The fraction of sp³-hybridized carbons (Fsp3) is 0.923. The predicted molar refractivity (Wildman–Crippen MR) is 72.4 cm³/mol. The lowest BCUT2D eigenvalue weighted by Crippen LogP contribution is -2.49. The Hall–Kier alpha value is -0.770. The lowest BCUT2D eigenvalue weighted by atomic mass is 9.99. The molecule has 1 fully saturated rings. The highest BCUT2D eigenvalue weighted by molar-refractivity contribution is 5.80. The van der Waals surface area contributed by atoms with E-state index in [0.717, 1.165) is 37.9 Å². The molecule has 0 aromatic rings. The maximum Gasteiger partial charge on any atom is 0.191 e. The number of rotatable bonds is 3. The molecule has 2 atom stereocenters. The minimum Gasteiger partial charge on any atom is -0.356 e. The van der Waals surface area contributed by atoms with E-state index in [2.05, 4.69) is 34.4 Å². The molecule has 0 aliphatic carbocycles. The molecule has 0 aromatic heterocycles. The Kier molecular flexibility index (Phi) is 4.66. The lowest BCUT2D eigenvalue weighted by Gasteiger charge is -2.35. The van der Waals surface area contributed by atoms with Gasteiger partial charge in [0.2, 0.25) is 0 Å². The van der Waals surface area contributed by atoms with Crippen LogP contribution in [-0.2, 0) is 0 Å². The number of nitrogens with one attached hydrogen (secondary N) is 2. The minimum atomic E-state index is 0.601. The summed E-state index contributed by atoms with van der Waals surface area (Å²) in [4.78, 5) is 7.04. The molecule has 0 spiro atoms. The van der Waals surface area contributed by atoms with Crippen molar-refractivity contribution in [3.05, 3.63) is 0 Å². The Morgan fingerprint density at radius 1 is 1.53 bits per heavy atom. The summed E-state index contributed by atoms with van der Waals surface area (Å²) in [6, 6.07) is 0.601. The monoisotopic (exact) mass is 238 g/mol. The largest absolute Gasteiger partial charge is 0.356 e. The fourth-order valence-corrected chi connectivity index (χ4v) is 2.65. The van der Waals surface area contributed by atoms with Crippen molar-refractivity contribution in [1.82, 2.24) is 15.5 Å². The fourth-order valence-electron chi connectivity index (χ4n) is 2.65. The van der Waals surface area contributed by atoms with E-state index in [1.54, 1.807) is 0 Å². The molecular weight excluding hydrogens is 212 g/mol. The van der Waals surface area contributed by atoms with Crippen molar-refractivity contribution in [2.24, 2.45) is 10.9 Å². The zero-order valence-electron chi connectivity index (χ0n) is 11.2. The molecule has 2 N–H and O–H groups in total. The van der Waals surface area contributed by atoms with Crippen molar-refractivity contribution >= 4 is 5.96 Å². The van der Waals surface area contributed by atoms with Gasteiger partial charge in [0.15, 0.2) is 5.96 Å². The zero-order valence-corrected chi connectivity index (χ0v) is 11.2. The Morgan fingerprint density at radius 3 is 3.12 bits per heavy atom. The van der Waals surface area contributed by atoms with Crippen molar-refractivity contribution in [1.29, 1.82) is 0 Å². The molecule has 0 amide bonds. The number of piperidine rings is 1. The highest BCUT2D eigenvalue weighted by atomic mass is 15.2. The average molecular weight is 238 g/mol. The van der Waals surface area contributed by atoms with E-state index >= 15 is 0 Å². The van der Waals surface area contributed by atoms with Crippen LogP contribution in [0, 0.1) is 5.92 Å². The minimum absolute atomic E-state index is 0.601. The Bertz CT molecular complexity index is 264. The van der Waals surface area contributed by atoms with E-state index < -0.39 is 0 Å². The van der Waals surface area contributed by atoms with Crippen molar-refractivity contribution in [3.63, 3.8) is 0 Å². The molecule has 2 rings (SSSR count). The second-order valence-electron chi connectivity index (χ2n) is 5.48. The summed E-state index contributed by atoms with van der Waals surface area (Å²) in [5.41, 5.74) is 0. The van der Waals surface area contributed by atoms with Crippen LogP contribution in [0.4, 0.5) is 0 Å². The third kappa shape index (κ3) is 3.87. The maximum atomic E-state index is 4.44. The summed E-state index contributed by atoms with van der Waals surface area (Å²) < 4.78 is 0. The third-order valence-corrected chi connectivity index (χ3v) is 3.77. The first kappa shape index (κ1) is 12.7. The van der Waals surface area contributed by atoms with Gasteiger partial charge in [-0.05, 0) is 38.6 Å². The van der Waals surface area contributed by atoms with E-state index in [0.29, 0.717) is 6.04 Å². The second-order valence-corrected chi connectivity index (χ2v) is 5.48. The van der Waals surface area contributed by atoms with Crippen molar-refractivity contribution in [2.45, 2.75) is 39.2 Å². The van der Waals surface area contributed by atoms with E-state index in [4.69, 9.17) is 0 Å². The zero-order chi connectivity index (χ0) is 12.1. The maximum absolute atomic E-state index is 4.44. The number of guanidine groups is 1. The van der Waals surface area contributed by atoms with Gasteiger partial charge < -0.3 is 10.6 Å². The van der Waals surface area contributed by atoms with Gasteiger partial charge in [-0.25, -0.2) is 0 Å². The van der Waals surface area contributed by atoms with Gasteiger partial charge >= 0.3 is 0 Å². The van der Waals surface area contributed by atoms with Gasteiger partial charge in [-0.2, -0.15) is 0 Å². The lowest BCUT2D eigenvalue weighted by molar-refractivity contribution is 0.139. The molecule has 4 heteroatoms. The molecule has 1 saturated heterocycles. The molecule has 98 valence electrons. The number of hydrogen-bond acceptors (Lipinski definition) is 4. The molecule has 17 heavy (non-hydrogen) atoms. The van der Waals surface area contributed by atoms with Gasteiger partial charge in [-0.1, -0.05) is 6.92 Å². The molecule has 0 radical (unpaired) electrons. The number of nitrogens with zero attached hydrogens (tertiary/aromatic N) is 2. The first-order chi connectivity index (χ1) is 8.25. The molecule has 0 saturated carbocycles. The van der Waals surface area contributed by atoms with Crippen molar-refractivity contribution in [2.75, 3.05) is 32.7 Å². The van der Waals surface area contributed by atoms with Crippen LogP contribution in [-0.4, -0.2) is 49.6 Å². The Morgan fingerprint density at radius 2 is 2.41 bits per heavy atom. The van der Waals surface area contributed by atoms with E-state index in [9.17, 15) is 0 Å². The van der Waals surface area contributed by atoms with Crippen LogP contribution in [0.2, 0.25) is 0 Å². The molecule has 2 heterocycles. The van der Waals surface area contributed by atoms with Gasteiger partial charge in [0.25, 0.3) is 0 Å². The van der Waals surface area contributed by atoms with Crippen LogP contribution in [0.25, 0.3) is 0 Å². The summed E-state index contributed by atoms with van der Waals surface area (Å²) >= 11 is 0. The topological polar surface area (TPSA) is 39.7 Å². The Labute approximate surface area is 105 Å². The third-order valence-electron chi connectivity index (χ3n) is 3.77. The van der Waals surface area contributed by atoms with E-state index in [1.165, 1.54) is 25.9 Å². The molecular formula is C13H26N4. The summed E-state index contributed by atoms with van der Waals surface area (Å²) in [6.45, 7) is 10.2. The summed E-state index contributed by atoms with van der Waals surface area (Å²) in [5.74, 6) is 1.85. The summed E-state index contributed by atoms with van der Waals surface area (Å²) in [7, 11) is 0. The standard InChI is InChI=1S/C13H26N4/c1-11-5-3-8-17(10-11)12(2)9-16-13-14-6-4-7-15-13/h11-12H,3-10H2,1-2H3,(H2,14,15,16).